The van der Waals surface area contributed by atoms with Crippen molar-refractivity contribution < 1.29 is 9.18 Å². The van der Waals surface area contributed by atoms with Crippen molar-refractivity contribution in [3.63, 3.8) is 0 Å². The topological polar surface area (TPSA) is 41.1 Å². The molecule has 1 aromatic rings. The summed E-state index contributed by atoms with van der Waals surface area (Å²) < 4.78 is 12.7. The fraction of sp³-hybridized carbons (Fsp3) is 0.500. The van der Waals surface area contributed by atoms with E-state index in [-0.39, 0.29) is 17.8 Å². The maximum absolute atomic E-state index is 12.7. The zero-order valence-corrected chi connectivity index (χ0v) is 10.4. The van der Waals surface area contributed by atoms with Crippen LogP contribution in [0.3, 0.4) is 0 Å². The zero-order chi connectivity index (χ0) is 12.8. The molecule has 0 bridgehead atoms. The number of rotatable bonds is 3. The van der Waals surface area contributed by atoms with Crippen molar-refractivity contribution in [2.75, 3.05) is 13.1 Å². The van der Waals surface area contributed by atoms with E-state index in [9.17, 15) is 9.18 Å². The lowest BCUT2D eigenvalue weighted by Crippen LogP contribution is -2.36. The average Bonchev–Trinajstić information content (AvgIpc) is 2.61. The lowest BCUT2D eigenvalue weighted by Gasteiger charge is -2.15. The summed E-state index contributed by atoms with van der Waals surface area (Å²) >= 11 is 0. The van der Waals surface area contributed by atoms with E-state index in [2.05, 4.69) is 10.6 Å². The molecular formula is C14H19FN2O. The standard InChI is InChI=1S/C14H19FN2O/c15-12-5-3-11(4-6-12)10-14(18)17-13-2-1-8-16-9-7-13/h3-6,13,16H,1-2,7-10H2,(H,17,18). The fourth-order valence-electron chi connectivity index (χ4n) is 2.23. The molecular weight excluding hydrogens is 231 g/mol. The monoisotopic (exact) mass is 250 g/mol. The lowest BCUT2D eigenvalue weighted by molar-refractivity contribution is -0.121. The van der Waals surface area contributed by atoms with Crippen molar-refractivity contribution in [2.24, 2.45) is 0 Å². The van der Waals surface area contributed by atoms with Crippen LogP contribution >= 0.6 is 0 Å². The molecule has 0 saturated carbocycles. The normalized spacial score (nSPS) is 20.2. The van der Waals surface area contributed by atoms with Gasteiger partial charge in [0.15, 0.2) is 0 Å². The van der Waals surface area contributed by atoms with Crippen molar-refractivity contribution in [3.05, 3.63) is 35.6 Å². The second-order valence-electron chi connectivity index (χ2n) is 4.75. The van der Waals surface area contributed by atoms with Gasteiger partial charge in [0.2, 0.25) is 5.91 Å². The molecule has 4 heteroatoms. The van der Waals surface area contributed by atoms with E-state index in [1.54, 1.807) is 12.1 Å². The maximum atomic E-state index is 12.7. The second kappa shape index (κ2) is 6.50. The molecule has 1 aliphatic rings. The van der Waals surface area contributed by atoms with Crippen LogP contribution in [0.4, 0.5) is 4.39 Å². The Morgan fingerprint density at radius 3 is 2.83 bits per heavy atom. The molecule has 1 heterocycles. The summed E-state index contributed by atoms with van der Waals surface area (Å²) in [6.45, 7) is 1.99. The number of amides is 1. The van der Waals surface area contributed by atoms with Crippen LogP contribution in [0.2, 0.25) is 0 Å². The largest absolute Gasteiger partial charge is 0.353 e. The number of carbonyl (C=O) groups is 1. The van der Waals surface area contributed by atoms with Crippen LogP contribution < -0.4 is 10.6 Å². The van der Waals surface area contributed by atoms with Crippen LogP contribution in [0.15, 0.2) is 24.3 Å². The highest BCUT2D eigenvalue weighted by molar-refractivity contribution is 5.78. The van der Waals surface area contributed by atoms with Crippen LogP contribution in [0.5, 0.6) is 0 Å². The van der Waals surface area contributed by atoms with E-state index in [0.29, 0.717) is 6.42 Å². The smallest absolute Gasteiger partial charge is 0.224 e. The first kappa shape index (κ1) is 13.0. The Morgan fingerprint density at radius 1 is 1.28 bits per heavy atom. The second-order valence-corrected chi connectivity index (χ2v) is 4.75. The molecule has 2 N–H and O–H groups in total. The molecule has 1 unspecified atom stereocenters. The Bertz CT molecular complexity index is 383. The molecule has 0 spiro atoms. The van der Waals surface area contributed by atoms with Gasteiger partial charge < -0.3 is 10.6 Å². The third-order valence-corrected chi connectivity index (χ3v) is 3.22. The first-order valence-corrected chi connectivity index (χ1v) is 6.48. The number of halogens is 1. The number of benzene rings is 1. The highest BCUT2D eigenvalue weighted by Gasteiger charge is 2.14. The van der Waals surface area contributed by atoms with Crippen LogP contribution in [-0.2, 0) is 11.2 Å². The highest BCUT2D eigenvalue weighted by atomic mass is 19.1. The van der Waals surface area contributed by atoms with Gasteiger partial charge in [-0.05, 0) is 50.0 Å². The molecule has 0 radical (unpaired) electrons. The number of hydrogen-bond acceptors (Lipinski definition) is 2. The maximum Gasteiger partial charge on any atom is 0.224 e. The summed E-state index contributed by atoms with van der Waals surface area (Å²) in [6.07, 6.45) is 3.43. The van der Waals surface area contributed by atoms with Gasteiger partial charge in [0.1, 0.15) is 5.82 Å². The Balaban J connectivity index is 1.82. The molecule has 1 atom stereocenters. The first-order valence-electron chi connectivity index (χ1n) is 6.48. The van der Waals surface area contributed by atoms with Crippen LogP contribution in [0, 0.1) is 5.82 Å². The van der Waals surface area contributed by atoms with Crippen molar-refractivity contribution >= 4 is 5.91 Å². The van der Waals surface area contributed by atoms with Gasteiger partial charge in [-0.25, -0.2) is 4.39 Å². The van der Waals surface area contributed by atoms with Gasteiger partial charge in [-0.2, -0.15) is 0 Å². The van der Waals surface area contributed by atoms with Gasteiger partial charge in [0.25, 0.3) is 0 Å². The lowest BCUT2D eigenvalue weighted by atomic mass is 10.1. The van der Waals surface area contributed by atoms with Gasteiger partial charge in [0.05, 0.1) is 6.42 Å². The van der Waals surface area contributed by atoms with E-state index in [1.165, 1.54) is 12.1 Å². The average molecular weight is 250 g/mol. The summed E-state index contributed by atoms with van der Waals surface area (Å²) in [6, 6.07) is 6.36. The van der Waals surface area contributed by atoms with Crippen LogP contribution in [0.1, 0.15) is 24.8 Å². The number of carbonyl (C=O) groups excluding carboxylic acids is 1. The summed E-state index contributed by atoms with van der Waals surface area (Å²) in [5.41, 5.74) is 0.848. The number of nitrogens with one attached hydrogen (secondary N) is 2. The molecule has 3 nitrogen and oxygen atoms in total. The Labute approximate surface area is 107 Å². The van der Waals surface area contributed by atoms with E-state index in [1.807, 2.05) is 0 Å². The minimum absolute atomic E-state index is 0.0218. The molecule has 1 fully saturated rings. The zero-order valence-electron chi connectivity index (χ0n) is 10.4. The van der Waals surface area contributed by atoms with E-state index in [4.69, 9.17) is 0 Å². The van der Waals surface area contributed by atoms with E-state index >= 15 is 0 Å². The Hall–Kier alpha value is -1.42. The van der Waals surface area contributed by atoms with Crippen molar-refractivity contribution in [1.29, 1.82) is 0 Å². The molecule has 1 amide bonds. The summed E-state index contributed by atoms with van der Waals surface area (Å²) in [4.78, 5) is 11.9. The molecule has 0 aliphatic carbocycles. The molecule has 1 aromatic carbocycles. The third kappa shape index (κ3) is 4.11. The fourth-order valence-corrected chi connectivity index (χ4v) is 2.23. The van der Waals surface area contributed by atoms with E-state index in [0.717, 1.165) is 37.9 Å². The summed E-state index contributed by atoms with van der Waals surface area (Å²) in [7, 11) is 0. The first-order chi connectivity index (χ1) is 8.74. The van der Waals surface area contributed by atoms with Crippen LogP contribution in [0.25, 0.3) is 0 Å². The molecule has 1 aliphatic heterocycles. The van der Waals surface area contributed by atoms with Crippen LogP contribution in [-0.4, -0.2) is 25.0 Å². The van der Waals surface area contributed by atoms with Gasteiger partial charge >= 0.3 is 0 Å². The minimum atomic E-state index is -0.269. The predicted octanol–water partition coefficient (Wildman–Crippen LogP) is 1.63. The molecule has 2 rings (SSSR count). The van der Waals surface area contributed by atoms with Gasteiger partial charge in [-0.3, -0.25) is 4.79 Å². The SMILES string of the molecule is O=C(Cc1ccc(F)cc1)NC1CCCNCC1. The minimum Gasteiger partial charge on any atom is -0.353 e. The van der Waals surface area contributed by atoms with Gasteiger partial charge in [-0.1, -0.05) is 12.1 Å². The molecule has 1 saturated heterocycles. The van der Waals surface area contributed by atoms with Crippen molar-refractivity contribution in [1.82, 2.24) is 10.6 Å². The predicted molar refractivity (Wildman–Crippen MR) is 68.8 cm³/mol. The van der Waals surface area contributed by atoms with Gasteiger partial charge in [-0.15, -0.1) is 0 Å². The number of hydrogen-bond donors (Lipinski definition) is 2. The van der Waals surface area contributed by atoms with Gasteiger partial charge in [0, 0.05) is 6.04 Å². The quantitative estimate of drug-likeness (QED) is 0.856. The van der Waals surface area contributed by atoms with Crippen molar-refractivity contribution in [3.8, 4) is 0 Å². The Kier molecular flexibility index (Phi) is 4.70. The molecule has 0 aromatic heterocycles. The highest BCUT2D eigenvalue weighted by Crippen LogP contribution is 2.07. The van der Waals surface area contributed by atoms with Crippen molar-refractivity contribution in [2.45, 2.75) is 31.7 Å². The summed E-state index contributed by atoms with van der Waals surface area (Å²) in [5.74, 6) is -0.248. The van der Waals surface area contributed by atoms with E-state index < -0.39 is 0 Å². The summed E-state index contributed by atoms with van der Waals surface area (Å²) in [5, 5.41) is 6.36. The third-order valence-electron chi connectivity index (χ3n) is 3.22. The molecule has 98 valence electrons. The Morgan fingerprint density at radius 2 is 2.06 bits per heavy atom. The molecule has 18 heavy (non-hydrogen) atoms.